The molecule has 1 atom stereocenters. The quantitative estimate of drug-likeness (QED) is 0.905. The third-order valence-corrected chi connectivity index (χ3v) is 6.30. The molecule has 0 bridgehead atoms. The van der Waals surface area contributed by atoms with Crippen molar-refractivity contribution >= 4 is 5.91 Å². The molecular weight excluding hydrogens is 338 g/mol. The Kier molecular flexibility index (Phi) is 5.00. The first-order valence-electron chi connectivity index (χ1n) is 10.1. The van der Waals surface area contributed by atoms with Crippen LogP contribution in [-0.2, 0) is 0 Å². The van der Waals surface area contributed by atoms with Crippen molar-refractivity contribution in [3.63, 3.8) is 0 Å². The summed E-state index contributed by atoms with van der Waals surface area (Å²) in [7, 11) is 0. The Labute approximate surface area is 160 Å². The van der Waals surface area contributed by atoms with Gasteiger partial charge in [-0.3, -0.25) is 4.79 Å². The van der Waals surface area contributed by atoms with E-state index < -0.39 is 0 Å². The number of hydrogen-bond acceptors (Lipinski definition) is 4. The third-order valence-electron chi connectivity index (χ3n) is 6.30. The lowest BCUT2D eigenvalue weighted by Gasteiger charge is -2.27. The lowest BCUT2D eigenvalue weighted by atomic mass is 9.96. The smallest absolute Gasteiger partial charge is 0.276 e. The normalized spacial score (nSPS) is 21.0. The van der Waals surface area contributed by atoms with Gasteiger partial charge in [-0.25, -0.2) is 4.68 Å². The van der Waals surface area contributed by atoms with Crippen LogP contribution in [-0.4, -0.2) is 45.4 Å². The van der Waals surface area contributed by atoms with Gasteiger partial charge in [-0.1, -0.05) is 23.4 Å². The maximum atomic E-state index is 13.3. The predicted molar refractivity (Wildman–Crippen MR) is 105 cm³/mol. The minimum absolute atomic E-state index is 0.0242. The highest BCUT2D eigenvalue weighted by Gasteiger charge is 2.34. The molecule has 2 aliphatic rings. The van der Waals surface area contributed by atoms with E-state index in [1.165, 1.54) is 16.7 Å². The Hall–Kier alpha value is -2.21. The highest BCUT2D eigenvalue weighted by Crippen LogP contribution is 2.35. The molecule has 1 N–H and O–H groups in total. The van der Waals surface area contributed by atoms with Crippen LogP contribution in [0, 0.1) is 20.8 Å². The van der Waals surface area contributed by atoms with Crippen molar-refractivity contribution in [2.24, 2.45) is 0 Å². The van der Waals surface area contributed by atoms with E-state index in [0.717, 1.165) is 51.0 Å². The number of nitrogens with one attached hydrogen (secondary N) is 1. The summed E-state index contributed by atoms with van der Waals surface area (Å²) in [5.41, 5.74) is 5.26. The summed E-state index contributed by atoms with van der Waals surface area (Å²) in [4.78, 5) is 15.3. The van der Waals surface area contributed by atoms with Crippen LogP contribution in [0.15, 0.2) is 18.2 Å². The lowest BCUT2D eigenvalue weighted by Crippen LogP contribution is -2.32. The number of carbonyl (C=O) groups is 1. The van der Waals surface area contributed by atoms with Crippen molar-refractivity contribution in [2.75, 3.05) is 19.6 Å². The molecule has 2 aromatic rings. The molecule has 27 heavy (non-hydrogen) atoms. The van der Waals surface area contributed by atoms with Gasteiger partial charge in [0.1, 0.15) is 0 Å². The fourth-order valence-corrected chi connectivity index (χ4v) is 4.54. The zero-order chi connectivity index (χ0) is 19.0. The Morgan fingerprint density at radius 1 is 1.15 bits per heavy atom. The van der Waals surface area contributed by atoms with E-state index in [1.807, 2.05) is 16.5 Å². The van der Waals surface area contributed by atoms with Crippen LogP contribution >= 0.6 is 0 Å². The second-order valence-electron chi connectivity index (χ2n) is 7.89. The van der Waals surface area contributed by atoms with E-state index in [0.29, 0.717) is 11.7 Å². The molecule has 0 radical (unpaired) electrons. The number of nitrogens with zero attached hydrogens (tertiary/aromatic N) is 4. The van der Waals surface area contributed by atoms with Crippen LogP contribution in [0.25, 0.3) is 0 Å². The van der Waals surface area contributed by atoms with Gasteiger partial charge in [0.25, 0.3) is 5.91 Å². The summed E-state index contributed by atoms with van der Waals surface area (Å²) < 4.78 is 1.97. The van der Waals surface area contributed by atoms with Gasteiger partial charge in [-0.05, 0) is 76.2 Å². The van der Waals surface area contributed by atoms with Crippen LogP contribution in [0.4, 0.5) is 0 Å². The Morgan fingerprint density at radius 2 is 1.93 bits per heavy atom. The molecule has 3 heterocycles. The first kappa shape index (κ1) is 18.2. The lowest BCUT2D eigenvalue weighted by molar-refractivity contribution is 0.0728. The van der Waals surface area contributed by atoms with Gasteiger partial charge >= 0.3 is 0 Å². The first-order chi connectivity index (χ1) is 13.1. The molecule has 1 unspecified atom stereocenters. The van der Waals surface area contributed by atoms with Crippen LogP contribution < -0.4 is 5.32 Å². The molecular formula is C21H29N5O. The molecule has 2 saturated heterocycles. The molecule has 6 nitrogen and oxygen atoms in total. The second-order valence-corrected chi connectivity index (χ2v) is 7.89. The maximum absolute atomic E-state index is 13.3. The average Bonchev–Trinajstić information content (AvgIpc) is 3.31. The molecule has 6 heteroatoms. The van der Waals surface area contributed by atoms with Gasteiger partial charge < -0.3 is 10.2 Å². The van der Waals surface area contributed by atoms with Crippen molar-refractivity contribution in [1.82, 2.24) is 25.2 Å². The van der Waals surface area contributed by atoms with Gasteiger partial charge in [-0.15, -0.1) is 5.10 Å². The minimum Gasteiger partial charge on any atom is -0.330 e. The molecule has 1 aromatic carbocycles. The van der Waals surface area contributed by atoms with E-state index in [2.05, 4.69) is 47.7 Å². The van der Waals surface area contributed by atoms with E-state index >= 15 is 0 Å². The van der Waals surface area contributed by atoms with Gasteiger partial charge in [-0.2, -0.15) is 0 Å². The number of rotatable bonds is 3. The summed E-state index contributed by atoms with van der Waals surface area (Å²) >= 11 is 0. The van der Waals surface area contributed by atoms with E-state index in [-0.39, 0.29) is 11.9 Å². The topological polar surface area (TPSA) is 63.1 Å². The highest BCUT2D eigenvalue weighted by atomic mass is 16.2. The van der Waals surface area contributed by atoms with Crippen molar-refractivity contribution < 1.29 is 4.79 Å². The molecule has 0 saturated carbocycles. The molecule has 2 fully saturated rings. The zero-order valence-corrected chi connectivity index (χ0v) is 16.5. The second kappa shape index (κ2) is 7.43. The number of piperidine rings is 1. The number of aromatic nitrogens is 3. The van der Waals surface area contributed by atoms with Crippen molar-refractivity contribution in [2.45, 2.75) is 58.5 Å². The molecule has 144 valence electrons. The first-order valence-corrected chi connectivity index (χ1v) is 10.1. The van der Waals surface area contributed by atoms with Crippen LogP contribution in [0.5, 0.6) is 0 Å². The molecule has 4 rings (SSSR count). The van der Waals surface area contributed by atoms with Crippen molar-refractivity contribution in [1.29, 1.82) is 0 Å². The SMILES string of the molecule is Cc1cccc(C2CCCN2C(=O)c2nnn(C3CCNCC3)c2C)c1C. The Morgan fingerprint density at radius 3 is 2.70 bits per heavy atom. The van der Waals surface area contributed by atoms with E-state index in [1.54, 1.807) is 0 Å². The summed E-state index contributed by atoms with van der Waals surface area (Å²) in [5, 5.41) is 12.0. The largest absolute Gasteiger partial charge is 0.330 e. The number of carbonyl (C=O) groups excluding carboxylic acids is 1. The number of amides is 1. The highest BCUT2D eigenvalue weighted by molar-refractivity contribution is 5.93. The fraction of sp³-hybridized carbons (Fsp3) is 0.571. The Balaban J connectivity index is 1.60. The third kappa shape index (κ3) is 3.27. The van der Waals surface area contributed by atoms with Gasteiger partial charge in [0, 0.05) is 6.54 Å². The van der Waals surface area contributed by atoms with Gasteiger partial charge in [0.2, 0.25) is 0 Å². The fourth-order valence-electron chi connectivity index (χ4n) is 4.54. The van der Waals surface area contributed by atoms with Gasteiger partial charge in [0.05, 0.1) is 17.8 Å². The maximum Gasteiger partial charge on any atom is 0.276 e. The van der Waals surface area contributed by atoms with Crippen molar-refractivity contribution in [3.8, 4) is 0 Å². The molecule has 1 aromatic heterocycles. The predicted octanol–water partition coefficient (Wildman–Crippen LogP) is 3.11. The molecule has 0 aliphatic carbocycles. The van der Waals surface area contributed by atoms with Gasteiger partial charge in [0.15, 0.2) is 5.69 Å². The standard InChI is InChI=1S/C21H29N5O/c1-14-6-4-7-18(15(14)2)19-8-5-13-25(19)21(27)20-16(3)26(24-23-20)17-9-11-22-12-10-17/h4,6-7,17,19,22H,5,8-13H2,1-3H3. The summed E-state index contributed by atoms with van der Waals surface area (Å²) in [6.45, 7) is 9.05. The number of likely N-dealkylation sites (tertiary alicyclic amines) is 1. The van der Waals surface area contributed by atoms with E-state index in [9.17, 15) is 4.79 Å². The van der Waals surface area contributed by atoms with Crippen LogP contribution in [0.1, 0.15) is 70.6 Å². The number of hydrogen-bond donors (Lipinski definition) is 1. The monoisotopic (exact) mass is 367 g/mol. The average molecular weight is 367 g/mol. The molecule has 1 amide bonds. The van der Waals surface area contributed by atoms with E-state index in [4.69, 9.17) is 0 Å². The zero-order valence-electron chi connectivity index (χ0n) is 16.5. The summed E-state index contributed by atoms with van der Waals surface area (Å²) in [6.07, 6.45) is 4.11. The summed E-state index contributed by atoms with van der Waals surface area (Å²) in [6, 6.07) is 6.87. The van der Waals surface area contributed by atoms with Crippen LogP contribution in [0.3, 0.4) is 0 Å². The Bertz CT molecular complexity index is 837. The molecule has 2 aliphatic heterocycles. The van der Waals surface area contributed by atoms with Crippen LogP contribution in [0.2, 0.25) is 0 Å². The number of aryl methyl sites for hydroxylation is 1. The number of benzene rings is 1. The molecule has 0 spiro atoms. The van der Waals surface area contributed by atoms with Crippen molar-refractivity contribution in [3.05, 3.63) is 46.3 Å². The summed E-state index contributed by atoms with van der Waals surface area (Å²) in [5.74, 6) is 0.0242. The minimum atomic E-state index is 0.0242.